The topological polar surface area (TPSA) is 69.5 Å². The number of anilines is 1. The zero-order valence-corrected chi connectivity index (χ0v) is 12.0. The lowest BCUT2D eigenvalue weighted by atomic mass is 9.91. The molecule has 1 aliphatic rings. The summed E-state index contributed by atoms with van der Waals surface area (Å²) in [5.74, 6) is 0. The number of nitrogens with zero attached hydrogens (tertiary/aromatic N) is 3. The molecule has 2 heterocycles. The van der Waals surface area contributed by atoms with Gasteiger partial charge in [-0.15, -0.1) is 10.2 Å². The van der Waals surface area contributed by atoms with Crippen LogP contribution >= 0.6 is 11.3 Å². The summed E-state index contributed by atoms with van der Waals surface area (Å²) in [5, 5.41) is 30.0. The predicted octanol–water partition coefficient (Wildman–Crippen LogP) is 1.53. The van der Waals surface area contributed by atoms with Crippen molar-refractivity contribution in [3.8, 4) is 10.6 Å². The van der Waals surface area contributed by atoms with E-state index in [1.807, 2.05) is 35.2 Å². The number of aliphatic hydroxyl groups is 2. The van der Waals surface area contributed by atoms with E-state index in [2.05, 4.69) is 10.2 Å². The third-order valence-electron chi connectivity index (χ3n) is 3.70. The standard InChI is InChI=1S/C14H17N3O2S/c1-14(19)7-8-17(9-11(14)18)13-16-15-12(20-13)10-5-3-2-4-6-10/h2-6,11,18-19H,7-9H2,1H3/t11-,14-/m1/s1. The number of hydrogen-bond acceptors (Lipinski definition) is 6. The molecule has 0 unspecified atom stereocenters. The molecule has 0 saturated carbocycles. The van der Waals surface area contributed by atoms with Gasteiger partial charge in [0.25, 0.3) is 0 Å². The molecule has 1 saturated heterocycles. The quantitative estimate of drug-likeness (QED) is 0.878. The summed E-state index contributed by atoms with van der Waals surface area (Å²) in [6.45, 7) is 2.73. The minimum absolute atomic E-state index is 0.385. The molecule has 2 N–H and O–H groups in total. The van der Waals surface area contributed by atoms with Crippen LogP contribution in [0.3, 0.4) is 0 Å². The van der Waals surface area contributed by atoms with Crippen molar-refractivity contribution in [1.82, 2.24) is 10.2 Å². The molecular formula is C14H17N3O2S. The Kier molecular flexibility index (Phi) is 3.45. The lowest BCUT2D eigenvalue weighted by Gasteiger charge is -2.39. The highest BCUT2D eigenvalue weighted by Crippen LogP contribution is 2.32. The number of hydrogen-bond donors (Lipinski definition) is 2. The third-order valence-corrected chi connectivity index (χ3v) is 4.74. The van der Waals surface area contributed by atoms with E-state index in [1.54, 1.807) is 6.92 Å². The van der Waals surface area contributed by atoms with Gasteiger partial charge in [0.05, 0.1) is 11.7 Å². The maximum atomic E-state index is 9.98. The van der Waals surface area contributed by atoms with Gasteiger partial charge in [0.15, 0.2) is 0 Å². The number of aromatic nitrogens is 2. The maximum Gasteiger partial charge on any atom is 0.208 e. The van der Waals surface area contributed by atoms with Gasteiger partial charge in [-0.3, -0.25) is 0 Å². The highest BCUT2D eigenvalue weighted by atomic mass is 32.1. The molecule has 5 nitrogen and oxygen atoms in total. The summed E-state index contributed by atoms with van der Waals surface area (Å²) >= 11 is 1.51. The summed E-state index contributed by atoms with van der Waals surface area (Å²) in [7, 11) is 0. The van der Waals surface area contributed by atoms with Crippen molar-refractivity contribution in [2.45, 2.75) is 25.0 Å². The Bertz CT molecular complexity index is 585. The molecule has 1 aromatic carbocycles. The van der Waals surface area contributed by atoms with E-state index in [1.165, 1.54) is 11.3 Å². The van der Waals surface area contributed by atoms with E-state index < -0.39 is 11.7 Å². The summed E-state index contributed by atoms with van der Waals surface area (Å²) in [4.78, 5) is 1.98. The number of piperidine rings is 1. The third kappa shape index (κ3) is 2.54. The van der Waals surface area contributed by atoms with Crippen molar-refractivity contribution < 1.29 is 10.2 Å². The average molecular weight is 291 g/mol. The van der Waals surface area contributed by atoms with Crippen LogP contribution in [0.2, 0.25) is 0 Å². The summed E-state index contributed by atoms with van der Waals surface area (Å²) in [6.07, 6.45) is -0.241. The molecule has 1 aromatic heterocycles. The minimum atomic E-state index is -1.01. The van der Waals surface area contributed by atoms with Crippen molar-refractivity contribution in [2.75, 3.05) is 18.0 Å². The smallest absolute Gasteiger partial charge is 0.208 e. The molecule has 0 aliphatic carbocycles. The first-order valence-corrected chi connectivity index (χ1v) is 7.42. The van der Waals surface area contributed by atoms with Gasteiger partial charge in [-0.25, -0.2) is 0 Å². The normalized spacial score (nSPS) is 26.8. The van der Waals surface area contributed by atoms with Crippen molar-refractivity contribution >= 4 is 16.5 Å². The Hall–Kier alpha value is -1.50. The number of rotatable bonds is 2. The zero-order chi connectivity index (χ0) is 14.2. The monoisotopic (exact) mass is 291 g/mol. The van der Waals surface area contributed by atoms with Gasteiger partial charge in [0, 0.05) is 18.7 Å². The van der Waals surface area contributed by atoms with Crippen molar-refractivity contribution in [1.29, 1.82) is 0 Å². The average Bonchev–Trinajstić information content (AvgIpc) is 2.93. The van der Waals surface area contributed by atoms with E-state index in [9.17, 15) is 10.2 Å². The summed E-state index contributed by atoms with van der Waals surface area (Å²) in [5.41, 5.74) is 0.0319. The van der Waals surface area contributed by atoms with Crippen LogP contribution in [-0.4, -0.2) is 45.2 Å². The molecule has 3 rings (SSSR count). The first-order valence-electron chi connectivity index (χ1n) is 6.60. The number of β-amino-alcohol motifs (C(OH)–C–C–N with tert-alkyl or cyclic N) is 1. The molecular weight excluding hydrogens is 274 g/mol. The maximum absolute atomic E-state index is 9.98. The highest BCUT2D eigenvalue weighted by molar-refractivity contribution is 7.18. The van der Waals surface area contributed by atoms with Gasteiger partial charge in [0.1, 0.15) is 5.01 Å². The molecule has 2 atom stereocenters. The second-order valence-corrected chi connectivity index (χ2v) is 6.28. The first kappa shape index (κ1) is 13.5. The molecule has 1 fully saturated rings. The van der Waals surface area contributed by atoms with E-state index >= 15 is 0 Å². The Labute approximate surface area is 121 Å². The van der Waals surface area contributed by atoms with Gasteiger partial charge in [-0.2, -0.15) is 0 Å². The fourth-order valence-corrected chi connectivity index (χ4v) is 3.12. The van der Waals surface area contributed by atoms with Crippen LogP contribution in [0, 0.1) is 0 Å². The van der Waals surface area contributed by atoms with Crippen LogP contribution in [0.25, 0.3) is 10.6 Å². The minimum Gasteiger partial charge on any atom is -0.388 e. The first-order chi connectivity index (χ1) is 9.56. The van der Waals surface area contributed by atoms with Gasteiger partial charge in [-0.05, 0) is 13.3 Å². The fourth-order valence-electron chi connectivity index (χ4n) is 2.24. The largest absolute Gasteiger partial charge is 0.388 e. The second-order valence-electron chi connectivity index (χ2n) is 5.32. The lowest BCUT2D eigenvalue weighted by Crippen LogP contribution is -2.53. The van der Waals surface area contributed by atoms with E-state index in [0.717, 1.165) is 15.7 Å². The molecule has 106 valence electrons. The van der Waals surface area contributed by atoms with Crippen LogP contribution in [0.15, 0.2) is 30.3 Å². The molecule has 20 heavy (non-hydrogen) atoms. The summed E-state index contributed by atoms with van der Waals surface area (Å²) < 4.78 is 0. The van der Waals surface area contributed by atoms with Crippen molar-refractivity contribution in [3.63, 3.8) is 0 Å². The predicted molar refractivity (Wildman–Crippen MR) is 78.8 cm³/mol. The SMILES string of the molecule is C[C@@]1(O)CCN(c2nnc(-c3ccccc3)s2)C[C@H]1O. The molecule has 0 spiro atoms. The van der Waals surface area contributed by atoms with Crippen LogP contribution in [0.1, 0.15) is 13.3 Å². The van der Waals surface area contributed by atoms with Crippen LogP contribution in [0.4, 0.5) is 5.13 Å². The highest BCUT2D eigenvalue weighted by Gasteiger charge is 2.37. The summed E-state index contributed by atoms with van der Waals surface area (Å²) in [6, 6.07) is 9.91. The van der Waals surface area contributed by atoms with E-state index in [4.69, 9.17) is 0 Å². The van der Waals surface area contributed by atoms with Crippen LogP contribution in [-0.2, 0) is 0 Å². The molecule has 2 aromatic rings. The zero-order valence-electron chi connectivity index (χ0n) is 11.2. The van der Waals surface area contributed by atoms with Crippen LogP contribution in [0.5, 0.6) is 0 Å². The Morgan fingerprint density at radius 1 is 1.30 bits per heavy atom. The molecule has 0 radical (unpaired) electrons. The van der Waals surface area contributed by atoms with Gasteiger partial charge in [-0.1, -0.05) is 41.7 Å². The van der Waals surface area contributed by atoms with Crippen LogP contribution < -0.4 is 4.90 Å². The Morgan fingerprint density at radius 3 is 2.75 bits per heavy atom. The van der Waals surface area contributed by atoms with Gasteiger partial charge >= 0.3 is 0 Å². The van der Waals surface area contributed by atoms with E-state index in [0.29, 0.717) is 19.5 Å². The van der Waals surface area contributed by atoms with Crippen molar-refractivity contribution in [2.24, 2.45) is 0 Å². The van der Waals surface area contributed by atoms with Gasteiger partial charge < -0.3 is 15.1 Å². The Balaban J connectivity index is 1.78. The number of aliphatic hydroxyl groups excluding tert-OH is 1. The Morgan fingerprint density at radius 2 is 2.05 bits per heavy atom. The second kappa shape index (κ2) is 5.12. The molecule has 0 amide bonds. The molecule has 0 bridgehead atoms. The lowest BCUT2D eigenvalue weighted by molar-refractivity contribution is -0.0721. The number of benzene rings is 1. The van der Waals surface area contributed by atoms with Crippen molar-refractivity contribution in [3.05, 3.63) is 30.3 Å². The van der Waals surface area contributed by atoms with Gasteiger partial charge in [0.2, 0.25) is 5.13 Å². The molecule has 6 heteroatoms. The fraction of sp³-hybridized carbons (Fsp3) is 0.429. The molecule has 1 aliphatic heterocycles. The van der Waals surface area contributed by atoms with E-state index in [-0.39, 0.29) is 0 Å².